The molecule has 2 rings (SSSR count). The Kier molecular flexibility index (Phi) is 3.36. The molecule has 0 saturated heterocycles. The van der Waals surface area contributed by atoms with E-state index in [-0.39, 0.29) is 11.5 Å². The van der Waals surface area contributed by atoms with Gasteiger partial charge in [0.2, 0.25) is 0 Å². The number of hydrogen-bond acceptors (Lipinski definition) is 3. The summed E-state index contributed by atoms with van der Waals surface area (Å²) in [5.41, 5.74) is 5.93. The molecule has 3 N–H and O–H groups in total. The molecule has 84 valence electrons. The Labute approximate surface area is 99.1 Å². The minimum Gasteiger partial charge on any atom is -0.393 e. The first-order valence-electron chi connectivity index (χ1n) is 5.29. The van der Waals surface area contributed by atoms with Gasteiger partial charge < -0.3 is 10.8 Å². The summed E-state index contributed by atoms with van der Waals surface area (Å²) in [5.74, 6) is 0. The molecule has 1 aliphatic rings. The molecule has 1 aromatic rings. The van der Waals surface area contributed by atoms with E-state index in [0.29, 0.717) is 6.54 Å². The van der Waals surface area contributed by atoms with Crippen LogP contribution in [0.2, 0.25) is 5.02 Å². The molecule has 0 aromatic carbocycles. The molecule has 1 saturated carbocycles. The second-order valence-corrected chi connectivity index (χ2v) is 5.64. The van der Waals surface area contributed by atoms with Gasteiger partial charge >= 0.3 is 0 Å². The van der Waals surface area contributed by atoms with E-state index >= 15 is 0 Å². The topological polar surface area (TPSA) is 46.2 Å². The van der Waals surface area contributed by atoms with Gasteiger partial charge in [0.15, 0.2) is 0 Å². The zero-order valence-corrected chi connectivity index (χ0v) is 10.2. The van der Waals surface area contributed by atoms with Gasteiger partial charge in [0.25, 0.3) is 0 Å². The summed E-state index contributed by atoms with van der Waals surface area (Å²) in [6.07, 6.45) is 3.43. The molecule has 2 nitrogen and oxygen atoms in total. The normalized spacial score (nSPS) is 31.8. The van der Waals surface area contributed by atoms with Crippen molar-refractivity contribution >= 4 is 22.9 Å². The summed E-state index contributed by atoms with van der Waals surface area (Å²) in [6.45, 7) is 0.625. The standard InChI is InChI=1S/C11H16ClNOS/c12-9-3-6-15-10(9)11(7-13)4-1-8(14)2-5-11/h3,6,8,14H,1-2,4-5,7,13H2. The lowest BCUT2D eigenvalue weighted by Crippen LogP contribution is -2.39. The van der Waals surface area contributed by atoms with Crippen molar-refractivity contribution in [1.29, 1.82) is 0 Å². The zero-order valence-electron chi connectivity index (χ0n) is 8.58. The predicted octanol–water partition coefficient (Wildman–Crippen LogP) is 2.53. The Morgan fingerprint density at radius 2 is 2.20 bits per heavy atom. The number of halogens is 1. The Balaban J connectivity index is 2.26. The van der Waals surface area contributed by atoms with Crippen LogP contribution in [0.1, 0.15) is 30.6 Å². The molecule has 1 heterocycles. The van der Waals surface area contributed by atoms with Crippen molar-refractivity contribution in [3.05, 3.63) is 21.3 Å². The van der Waals surface area contributed by atoms with Crippen LogP contribution in [-0.4, -0.2) is 17.8 Å². The second kappa shape index (κ2) is 4.42. The van der Waals surface area contributed by atoms with E-state index in [1.807, 2.05) is 11.4 Å². The third-order valence-corrected chi connectivity index (χ3v) is 4.99. The summed E-state index contributed by atoms with van der Waals surface area (Å²) in [6, 6.07) is 1.93. The molecule has 0 spiro atoms. The first-order valence-corrected chi connectivity index (χ1v) is 6.55. The van der Waals surface area contributed by atoms with Gasteiger partial charge in [0.05, 0.1) is 11.1 Å². The van der Waals surface area contributed by atoms with E-state index in [2.05, 4.69) is 0 Å². The van der Waals surface area contributed by atoms with Crippen molar-refractivity contribution in [3.8, 4) is 0 Å². The first kappa shape index (κ1) is 11.4. The molecule has 0 atom stereocenters. The molecule has 0 unspecified atom stereocenters. The highest BCUT2D eigenvalue weighted by atomic mass is 35.5. The van der Waals surface area contributed by atoms with Gasteiger partial charge in [-0.05, 0) is 37.1 Å². The highest BCUT2D eigenvalue weighted by Gasteiger charge is 2.37. The average molecular weight is 246 g/mol. The molecular weight excluding hydrogens is 230 g/mol. The maximum Gasteiger partial charge on any atom is 0.0551 e. The number of rotatable bonds is 2. The smallest absolute Gasteiger partial charge is 0.0551 e. The fraction of sp³-hybridized carbons (Fsp3) is 0.636. The highest BCUT2D eigenvalue weighted by molar-refractivity contribution is 7.10. The summed E-state index contributed by atoms with van der Waals surface area (Å²) in [7, 11) is 0. The second-order valence-electron chi connectivity index (χ2n) is 4.31. The largest absolute Gasteiger partial charge is 0.393 e. The van der Waals surface area contributed by atoms with E-state index < -0.39 is 0 Å². The van der Waals surface area contributed by atoms with Crippen LogP contribution in [0.4, 0.5) is 0 Å². The lowest BCUT2D eigenvalue weighted by Gasteiger charge is -2.37. The molecule has 15 heavy (non-hydrogen) atoms. The fourth-order valence-electron chi connectivity index (χ4n) is 2.35. The van der Waals surface area contributed by atoms with Crippen LogP contribution in [-0.2, 0) is 5.41 Å². The summed E-state index contributed by atoms with van der Waals surface area (Å²) >= 11 is 7.86. The lowest BCUT2D eigenvalue weighted by molar-refractivity contribution is 0.0985. The minimum absolute atomic E-state index is 0.0183. The molecule has 1 aromatic heterocycles. The fourth-order valence-corrected chi connectivity index (χ4v) is 3.88. The zero-order chi connectivity index (χ0) is 10.9. The maximum atomic E-state index is 9.53. The lowest BCUT2D eigenvalue weighted by atomic mass is 9.72. The van der Waals surface area contributed by atoms with Crippen molar-refractivity contribution in [1.82, 2.24) is 0 Å². The monoisotopic (exact) mass is 245 g/mol. The van der Waals surface area contributed by atoms with Crippen molar-refractivity contribution in [2.75, 3.05) is 6.54 Å². The molecular formula is C11H16ClNOS. The quantitative estimate of drug-likeness (QED) is 0.841. The van der Waals surface area contributed by atoms with Crippen LogP contribution >= 0.6 is 22.9 Å². The SMILES string of the molecule is NCC1(c2sccc2Cl)CCC(O)CC1. The highest BCUT2D eigenvalue weighted by Crippen LogP contribution is 2.44. The molecule has 1 aliphatic carbocycles. The van der Waals surface area contributed by atoms with Crippen LogP contribution in [0.25, 0.3) is 0 Å². The third-order valence-electron chi connectivity index (χ3n) is 3.40. The van der Waals surface area contributed by atoms with Crippen LogP contribution < -0.4 is 5.73 Å². The molecule has 0 aliphatic heterocycles. The first-order chi connectivity index (χ1) is 7.18. The van der Waals surface area contributed by atoms with E-state index in [9.17, 15) is 5.11 Å². The molecule has 0 bridgehead atoms. The number of nitrogens with two attached hydrogens (primary N) is 1. The van der Waals surface area contributed by atoms with Crippen LogP contribution in [0, 0.1) is 0 Å². The molecule has 1 fully saturated rings. The minimum atomic E-state index is -0.150. The molecule has 4 heteroatoms. The van der Waals surface area contributed by atoms with Gasteiger partial charge in [-0.3, -0.25) is 0 Å². The number of aliphatic hydroxyl groups is 1. The number of thiophene rings is 1. The number of aliphatic hydroxyl groups excluding tert-OH is 1. The van der Waals surface area contributed by atoms with Crippen molar-refractivity contribution in [2.24, 2.45) is 5.73 Å². The van der Waals surface area contributed by atoms with Gasteiger partial charge in [-0.2, -0.15) is 0 Å². The molecule has 0 amide bonds. The van der Waals surface area contributed by atoms with Gasteiger partial charge in [0, 0.05) is 16.8 Å². The van der Waals surface area contributed by atoms with E-state index in [1.54, 1.807) is 11.3 Å². The van der Waals surface area contributed by atoms with Crippen molar-refractivity contribution in [2.45, 2.75) is 37.2 Å². The van der Waals surface area contributed by atoms with Gasteiger partial charge in [-0.25, -0.2) is 0 Å². The van der Waals surface area contributed by atoms with Gasteiger partial charge in [0.1, 0.15) is 0 Å². The average Bonchev–Trinajstić information content (AvgIpc) is 2.67. The third kappa shape index (κ3) is 2.07. The Morgan fingerprint density at radius 3 is 2.67 bits per heavy atom. The van der Waals surface area contributed by atoms with Crippen LogP contribution in [0.3, 0.4) is 0 Å². The molecule has 0 radical (unpaired) electrons. The summed E-state index contributed by atoms with van der Waals surface area (Å²) in [5, 5.41) is 12.4. The van der Waals surface area contributed by atoms with Crippen molar-refractivity contribution in [3.63, 3.8) is 0 Å². The van der Waals surface area contributed by atoms with E-state index in [0.717, 1.165) is 30.7 Å². The summed E-state index contributed by atoms with van der Waals surface area (Å²) < 4.78 is 0. The van der Waals surface area contributed by atoms with Crippen LogP contribution in [0.5, 0.6) is 0 Å². The Bertz CT molecular complexity index is 331. The van der Waals surface area contributed by atoms with E-state index in [1.165, 1.54) is 4.88 Å². The summed E-state index contributed by atoms with van der Waals surface area (Å²) in [4.78, 5) is 1.21. The van der Waals surface area contributed by atoms with Gasteiger partial charge in [-0.1, -0.05) is 11.6 Å². The Hall–Kier alpha value is -0.0900. The number of hydrogen-bond donors (Lipinski definition) is 2. The van der Waals surface area contributed by atoms with Crippen LogP contribution in [0.15, 0.2) is 11.4 Å². The van der Waals surface area contributed by atoms with E-state index in [4.69, 9.17) is 17.3 Å². The van der Waals surface area contributed by atoms with Gasteiger partial charge in [-0.15, -0.1) is 11.3 Å². The Morgan fingerprint density at radius 1 is 1.53 bits per heavy atom. The van der Waals surface area contributed by atoms with Crippen molar-refractivity contribution < 1.29 is 5.11 Å². The maximum absolute atomic E-state index is 9.53. The predicted molar refractivity (Wildman–Crippen MR) is 64.5 cm³/mol.